The van der Waals surface area contributed by atoms with Crippen molar-refractivity contribution in [2.75, 3.05) is 6.54 Å². The standard InChI is InChI=1S/C19H20FN3O3/c1-3-15-21-18(22-26-15)14-9-4-5-10-23(14)19(24)16-11(2)12-7-6-8-13(20)17(12)25-16/h6-8,14H,3-5,9-10H2,1-2H3. The zero-order valence-electron chi connectivity index (χ0n) is 14.8. The van der Waals surface area contributed by atoms with Gasteiger partial charge < -0.3 is 13.8 Å². The fourth-order valence-corrected chi connectivity index (χ4v) is 3.53. The van der Waals surface area contributed by atoms with Crippen LogP contribution in [0.5, 0.6) is 0 Å². The average Bonchev–Trinajstić information content (AvgIpc) is 3.27. The van der Waals surface area contributed by atoms with Gasteiger partial charge in [-0.25, -0.2) is 4.39 Å². The number of nitrogens with zero attached hydrogens (tertiary/aromatic N) is 3. The number of carbonyl (C=O) groups excluding carboxylic acids is 1. The first-order valence-electron chi connectivity index (χ1n) is 8.91. The summed E-state index contributed by atoms with van der Waals surface area (Å²) in [4.78, 5) is 19.3. The van der Waals surface area contributed by atoms with Crippen molar-refractivity contribution in [2.24, 2.45) is 0 Å². The number of hydrogen-bond acceptors (Lipinski definition) is 5. The van der Waals surface area contributed by atoms with Crippen LogP contribution < -0.4 is 0 Å². The molecule has 1 unspecified atom stereocenters. The molecule has 3 heterocycles. The van der Waals surface area contributed by atoms with Gasteiger partial charge in [0, 0.05) is 23.9 Å². The Morgan fingerprint density at radius 2 is 2.23 bits per heavy atom. The summed E-state index contributed by atoms with van der Waals surface area (Å²) >= 11 is 0. The van der Waals surface area contributed by atoms with Crippen LogP contribution >= 0.6 is 0 Å². The number of halogens is 1. The average molecular weight is 357 g/mol. The number of fused-ring (bicyclic) bond motifs is 1. The maximum Gasteiger partial charge on any atom is 0.290 e. The second-order valence-electron chi connectivity index (χ2n) is 6.58. The van der Waals surface area contributed by atoms with Gasteiger partial charge in [0.1, 0.15) is 0 Å². The van der Waals surface area contributed by atoms with Crippen molar-refractivity contribution in [3.05, 3.63) is 47.1 Å². The molecular formula is C19H20FN3O3. The third kappa shape index (κ3) is 2.67. The number of amides is 1. The van der Waals surface area contributed by atoms with Crippen molar-refractivity contribution in [1.29, 1.82) is 0 Å². The van der Waals surface area contributed by atoms with Gasteiger partial charge in [-0.05, 0) is 32.3 Å². The number of hydrogen-bond donors (Lipinski definition) is 0. The van der Waals surface area contributed by atoms with E-state index in [9.17, 15) is 9.18 Å². The van der Waals surface area contributed by atoms with Crippen molar-refractivity contribution in [3.8, 4) is 0 Å². The summed E-state index contributed by atoms with van der Waals surface area (Å²) in [7, 11) is 0. The van der Waals surface area contributed by atoms with Crippen LogP contribution in [0.4, 0.5) is 4.39 Å². The van der Waals surface area contributed by atoms with Crippen molar-refractivity contribution >= 4 is 16.9 Å². The summed E-state index contributed by atoms with van der Waals surface area (Å²) in [5, 5.41) is 4.67. The summed E-state index contributed by atoms with van der Waals surface area (Å²) < 4.78 is 24.9. The highest BCUT2D eigenvalue weighted by Gasteiger charge is 2.34. The van der Waals surface area contributed by atoms with Gasteiger partial charge in [-0.15, -0.1) is 0 Å². The summed E-state index contributed by atoms with van der Waals surface area (Å²) in [6.07, 6.45) is 3.30. The van der Waals surface area contributed by atoms with Crippen molar-refractivity contribution in [1.82, 2.24) is 15.0 Å². The lowest BCUT2D eigenvalue weighted by Crippen LogP contribution is -2.39. The zero-order chi connectivity index (χ0) is 18.3. The number of benzene rings is 1. The van der Waals surface area contributed by atoms with E-state index in [1.165, 1.54) is 6.07 Å². The molecule has 1 atom stereocenters. The highest BCUT2D eigenvalue weighted by Crippen LogP contribution is 2.34. The Bertz CT molecular complexity index is 962. The topological polar surface area (TPSA) is 72.4 Å². The normalized spacial score (nSPS) is 17.8. The first-order valence-corrected chi connectivity index (χ1v) is 8.91. The Morgan fingerprint density at radius 1 is 1.38 bits per heavy atom. The number of rotatable bonds is 3. The van der Waals surface area contributed by atoms with Crippen LogP contribution in [0.25, 0.3) is 11.0 Å². The third-order valence-electron chi connectivity index (χ3n) is 4.96. The van der Waals surface area contributed by atoms with Gasteiger partial charge in [0.25, 0.3) is 5.91 Å². The molecule has 7 heteroatoms. The van der Waals surface area contributed by atoms with Crippen LogP contribution in [0.15, 0.2) is 27.1 Å². The Morgan fingerprint density at radius 3 is 2.96 bits per heavy atom. The first-order chi connectivity index (χ1) is 12.6. The summed E-state index contributed by atoms with van der Waals surface area (Å²) in [5.74, 6) is 0.530. The number of piperidine rings is 1. The van der Waals surface area contributed by atoms with E-state index in [0.29, 0.717) is 35.6 Å². The molecule has 3 aromatic rings. The molecule has 136 valence electrons. The predicted octanol–water partition coefficient (Wildman–Crippen LogP) is 4.19. The maximum absolute atomic E-state index is 14.0. The Balaban J connectivity index is 1.71. The second kappa shape index (κ2) is 6.55. The zero-order valence-corrected chi connectivity index (χ0v) is 14.8. The molecule has 1 aliphatic rings. The van der Waals surface area contributed by atoms with E-state index in [4.69, 9.17) is 8.94 Å². The van der Waals surface area contributed by atoms with E-state index in [1.54, 1.807) is 24.0 Å². The number of carbonyl (C=O) groups is 1. The van der Waals surface area contributed by atoms with Gasteiger partial charge in [0.2, 0.25) is 5.89 Å². The molecule has 1 aliphatic heterocycles. The number of furan rings is 1. The highest BCUT2D eigenvalue weighted by molar-refractivity contribution is 5.99. The molecule has 1 fully saturated rings. The number of aryl methyl sites for hydroxylation is 2. The summed E-state index contributed by atoms with van der Waals surface area (Å²) in [5.41, 5.74) is 0.769. The highest BCUT2D eigenvalue weighted by atomic mass is 19.1. The molecule has 2 aromatic heterocycles. The van der Waals surface area contributed by atoms with Gasteiger partial charge in [0.15, 0.2) is 23.0 Å². The molecule has 6 nitrogen and oxygen atoms in total. The first kappa shape index (κ1) is 16.8. The lowest BCUT2D eigenvalue weighted by molar-refractivity contribution is 0.0565. The van der Waals surface area contributed by atoms with E-state index in [0.717, 1.165) is 19.3 Å². The van der Waals surface area contributed by atoms with Crippen LogP contribution in [-0.2, 0) is 6.42 Å². The predicted molar refractivity (Wildman–Crippen MR) is 92.2 cm³/mol. The minimum absolute atomic E-state index is 0.120. The Hall–Kier alpha value is -2.70. The fraction of sp³-hybridized carbons (Fsp3) is 0.421. The van der Waals surface area contributed by atoms with Crippen LogP contribution in [0.3, 0.4) is 0 Å². The minimum Gasteiger partial charge on any atom is -0.448 e. The molecule has 4 rings (SSSR count). The molecule has 0 radical (unpaired) electrons. The van der Waals surface area contributed by atoms with E-state index >= 15 is 0 Å². The lowest BCUT2D eigenvalue weighted by atomic mass is 10.0. The molecule has 0 aliphatic carbocycles. The van der Waals surface area contributed by atoms with Crippen molar-refractivity contribution in [2.45, 2.75) is 45.6 Å². The van der Waals surface area contributed by atoms with Gasteiger partial charge in [0.05, 0.1) is 6.04 Å². The van der Waals surface area contributed by atoms with Crippen molar-refractivity contribution < 1.29 is 18.1 Å². The molecule has 1 aromatic carbocycles. The van der Waals surface area contributed by atoms with Gasteiger partial charge >= 0.3 is 0 Å². The van der Waals surface area contributed by atoms with Gasteiger partial charge in [-0.1, -0.05) is 24.2 Å². The summed E-state index contributed by atoms with van der Waals surface area (Å²) in [6.45, 7) is 4.30. The van der Waals surface area contributed by atoms with Gasteiger partial charge in [-0.2, -0.15) is 4.98 Å². The SMILES string of the molecule is CCc1nc(C2CCCCN2C(=O)c2oc3c(F)cccc3c2C)no1. The van der Waals surface area contributed by atoms with Gasteiger partial charge in [-0.3, -0.25) is 4.79 Å². The molecule has 26 heavy (non-hydrogen) atoms. The van der Waals surface area contributed by atoms with E-state index in [2.05, 4.69) is 10.1 Å². The molecule has 0 N–H and O–H groups in total. The molecule has 0 saturated carbocycles. The number of para-hydroxylation sites is 1. The van der Waals surface area contributed by atoms with E-state index in [-0.39, 0.29) is 23.3 Å². The van der Waals surface area contributed by atoms with E-state index < -0.39 is 5.82 Å². The molecule has 0 bridgehead atoms. The molecule has 1 saturated heterocycles. The van der Waals surface area contributed by atoms with Crippen LogP contribution in [0.2, 0.25) is 0 Å². The van der Waals surface area contributed by atoms with E-state index in [1.807, 2.05) is 6.92 Å². The Kier molecular flexibility index (Phi) is 4.22. The minimum atomic E-state index is -0.467. The van der Waals surface area contributed by atoms with Crippen LogP contribution in [0.1, 0.15) is 60.1 Å². The Labute approximate surface area is 150 Å². The number of aromatic nitrogens is 2. The second-order valence-corrected chi connectivity index (χ2v) is 6.58. The van der Waals surface area contributed by atoms with Crippen molar-refractivity contribution in [3.63, 3.8) is 0 Å². The van der Waals surface area contributed by atoms with Crippen LogP contribution in [-0.4, -0.2) is 27.5 Å². The third-order valence-corrected chi connectivity index (χ3v) is 4.96. The summed E-state index contributed by atoms with van der Waals surface area (Å²) in [6, 6.07) is 4.45. The monoisotopic (exact) mass is 357 g/mol. The van der Waals surface area contributed by atoms with Crippen LogP contribution in [0, 0.1) is 12.7 Å². The fourth-order valence-electron chi connectivity index (χ4n) is 3.53. The quantitative estimate of drug-likeness (QED) is 0.703. The maximum atomic E-state index is 14.0. The molecular weight excluding hydrogens is 337 g/mol. The molecule has 0 spiro atoms. The smallest absolute Gasteiger partial charge is 0.290 e. The lowest BCUT2D eigenvalue weighted by Gasteiger charge is -2.33. The molecule has 1 amide bonds. The number of likely N-dealkylation sites (tertiary alicyclic amines) is 1. The largest absolute Gasteiger partial charge is 0.448 e.